The number of hydrogen-bond donors (Lipinski definition) is 2. The van der Waals surface area contributed by atoms with Gasteiger partial charge in [-0.3, -0.25) is 0 Å². The van der Waals surface area contributed by atoms with Crippen molar-refractivity contribution in [2.24, 2.45) is 0 Å². The van der Waals surface area contributed by atoms with Gasteiger partial charge < -0.3 is 10.4 Å². The van der Waals surface area contributed by atoms with Crippen LogP contribution in [0.15, 0.2) is 18.3 Å². The molecule has 2 aromatic heterocycles. The van der Waals surface area contributed by atoms with Crippen LogP contribution >= 0.6 is 0 Å². The lowest BCUT2D eigenvalue weighted by molar-refractivity contribution is 0.213. The van der Waals surface area contributed by atoms with Crippen molar-refractivity contribution in [3.63, 3.8) is 0 Å². The highest BCUT2D eigenvalue weighted by Gasteiger charge is 2.34. The molecule has 0 atom stereocenters. The first-order valence-corrected chi connectivity index (χ1v) is 6.43. The Bertz CT molecular complexity index is 557. The molecule has 0 aliphatic heterocycles. The average Bonchev–Trinajstić information content (AvgIpc) is 2.97. The molecule has 1 fully saturated rings. The third-order valence-corrected chi connectivity index (χ3v) is 3.80. The summed E-state index contributed by atoms with van der Waals surface area (Å²) in [5.74, 6) is 0.611. The first kappa shape index (κ1) is 11.5. The van der Waals surface area contributed by atoms with E-state index >= 15 is 0 Å². The Labute approximate surface area is 106 Å². The van der Waals surface area contributed by atoms with Crippen molar-refractivity contribution in [1.29, 1.82) is 0 Å². The van der Waals surface area contributed by atoms with Gasteiger partial charge in [0.25, 0.3) is 0 Å². The first-order valence-electron chi connectivity index (χ1n) is 6.43. The number of hydrogen-bond acceptors (Lipinski definition) is 4. The van der Waals surface area contributed by atoms with E-state index in [1.54, 1.807) is 4.52 Å². The van der Waals surface area contributed by atoms with Crippen molar-refractivity contribution in [1.82, 2.24) is 14.6 Å². The molecule has 0 saturated heterocycles. The Hall–Kier alpha value is -1.62. The van der Waals surface area contributed by atoms with Crippen LogP contribution in [0.4, 0.5) is 5.95 Å². The van der Waals surface area contributed by atoms with E-state index < -0.39 is 0 Å². The number of nitrogens with one attached hydrogen (secondary N) is 1. The summed E-state index contributed by atoms with van der Waals surface area (Å²) in [5, 5.41) is 17.3. The maximum atomic E-state index is 9.58. The topological polar surface area (TPSA) is 62.5 Å². The van der Waals surface area contributed by atoms with Crippen molar-refractivity contribution in [3.8, 4) is 0 Å². The van der Waals surface area contributed by atoms with E-state index in [1.165, 1.54) is 0 Å². The Balaban J connectivity index is 1.93. The van der Waals surface area contributed by atoms with Gasteiger partial charge in [0.05, 0.1) is 12.1 Å². The lowest BCUT2D eigenvalue weighted by atomic mass is 9.99. The SMILES string of the molecule is Cc1cccn2nc(NC3(CO)CCCC3)nc12. The Kier molecular flexibility index (Phi) is 2.70. The lowest BCUT2D eigenvalue weighted by Gasteiger charge is -2.26. The van der Waals surface area contributed by atoms with Gasteiger partial charge in [0.15, 0.2) is 5.65 Å². The van der Waals surface area contributed by atoms with E-state index in [9.17, 15) is 5.11 Å². The van der Waals surface area contributed by atoms with Crippen LogP contribution in [0, 0.1) is 6.92 Å². The quantitative estimate of drug-likeness (QED) is 0.866. The maximum absolute atomic E-state index is 9.58. The minimum atomic E-state index is -0.223. The van der Waals surface area contributed by atoms with Gasteiger partial charge in [0.2, 0.25) is 5.95 Å². The number of aliphatic hydroxyl groups is 1. The predicted octanol–water partition coefficient (Wildman–Crippen LogP) is 1.75. The summed E-state index contributed by atoms with van der Waals surface area (Å²) in [4.78, 5) is 4.50. The number of aromatic nitrogens is 3. The van der Waals surface area contributed by atoms with Crippen molar-refractivity contribution in [2.45, 2.75) is 38.1 Å². The normalized spacial score (nSPS) is 18.3. The molecular formula is C13H18N4O. The van der Waals surface area contributed by atoms with E-state index in [4.69, 9.17) is 0 Å². The second-order valence-electron chi connectivity index (χ2n) is 5.17. The second kappa shape index (κ2) is 4.24. The predicted molar refractivity (Wildman–Crippen MR) is 69.6 cm³/mol. The number of pyridine rings is 1. The molecular weight excluding hydrogens is 228 g/mol. The van der Waals surface area contributed by atoms with Crippen LogP contribution in [0.25, 0.3) is 5.65 Å². The van der Waals surface area contributed by atoms with Crippen molar-refractivity contribution >= 4 is 11.6 Å². The van der Waals surface area contributed by atoms with E-state index in [2.05, 4.69) is 15.4 Å². The molecule has 0 aromatic carbocycles. The molecule has 1 saturated carbocycles. The molecule has 0 bridgehead atoms. The summed E-state index contributed by atoms with van der Waals surface area (Å²) >= 11 is 0. The number of aliphatic hydroxyl groups excluding tert-OH is 1. The first-order chi connectivity index (χ1) is 8.72. The summed E-state index contributed by atoms with van der Waals surface area (Å²) in [6, 6.07) is 3.98. The Morgan fingerprint density at radius 2 is 2.22 bits per heavy atom. The van der Waals surface area contributed by atoms with E-state index in [1.807, 2.05) is 25.3 Å². The third-order valence-electron chi connectivity index (χ3n) is 3.80. The maximum Gasteiger partial charge on any atom is 0.243 e. The molecule has 1 aliphatic rings. The van der Waals surface area contributed by atoms with Crippen molar-refractivity contribution < 1.29 is 5.11 Å². The van der Waals surface area contributed by atoms with Crippen molar-refractivity contribution in [2.75, 3.05) is 11.9 Å². The van der Waals surface area contributed by atoms with Gasteiger partial charge in [0.1, 0.15) is 0 Å². The monoisotopic (exact) mass is 246 g/mol. The highest BCUT2D eigenvalue weighted by Crippen LogP contribution is 2.32. The Morgan fingerprint density at radius 3 is 2.89 bits per heavy atom. The molecule has 0 spiro atoms. The van der Waals surface area contributed by atoms with Gasteiger partial charge in [-0.25, -0.2) is 4.52 Å². The van der Waals surface area contributed by atoms with E-state index in [-0.39, 0.29) is 12.1 Å². The van der Waals surface area contributed by atoms with Crippen LogP contribution in [0.1, 0.15) is 31.2 Å². The molecule has 5 heteroatoms. The fourth-order valence-electron chi connectivity index (χ4n) is 2.70. The zero-order valence-corrected chi connectivity index (χ0v) is 10.6. The molecule has 18 heavy (non-hydrogen) atoms. The number of nitrogens with zero attached hydrogens (tertiary/aromatic N) is 3. The van der Waals surface area contributed by atoms with Crippen LogP contribution in [0.2, 0.25) is 0 Å². The molecule has 5 nitrogen and oxygen atoms in total. The molecule has 1 aliphatic carbocycles. The van der Waals surface area contributed by atoms with Crippen LogP contribution in [0.5, 0.6) is 0 Å². The average molecular weight is 246 g/mol. The zero-order chi connectivity index (χ0) is 12.6. The third kappa shape index (κ3) is 1.84. The fraction of sp³-hybridized carbons (Fsp3) is 0.538. The summed E-state index contributed by atoms with van der Waals surface area (Å²) in [6.45, 7) is 2.16. The molecule has 2 N–H and O–H groups in total. The standard InChI is InChI=1S/C13H18N4O/c1-10-5-4-8-17-11(10)14-12(16-17)15-13(9-18)6-2-3-7-13/h4-5,8,18H,2-3,6-7,9H2,1H3,(H,15,16). The van der Waals surface area contributed by atoms with Crippen LogP contribution in [-0.2, 0) is 0 Å². The molecule has 3 rings (SSSR count). The largest absolute Gasteiger partial charge is 0.394 e. The molecule has 96 valence electrons. The van der Waals surface area contributed by atoms with Crippen molar-refractivity contribution in [3.05, 3.63) is 23.9 Å². The molecule has 0 unspecified atom stereocenters. The van der Waals surface area contributed by atoms with E-state index in [0.29, 0.717) is 5.95 Å². The highest BCUT2D eigenvalue weighted by molar-refractivity contribution is 5.50. The summed E-state index contributed by atoms with van der Waals surface area (Å²) in [7, 11) is 0. The van der Waals surface area contributed by atoms with Gasteiger partial charge in [0, 0.05) is 6.20 Å². The summed E-state index contributed by atoms with van der Waals surface area (Å²) in [5.41, 5.74) is 1.74. The number of aryl methyl sites for hydroxylation is 1. The molecule has 2 aromatic rings. The highest BCUT2D eigenvalue weighted by atomic mass is 16.3. The van der Waals surface area contributed by atoms with Gasteiger partial charge in [-0.2, -0.15) is 4.98 Å². The smallest absolute Gasteiger partial charge is 0.243 e. The minimum absolute atomic E-state index is 0.140. The summed E-state index contributed by atoms with van der Waals surface area (Å²) < 4.78 is 1.78. The van der Waals surface area contributed by atoms with Crippen LogP contribution in [-0.4, -0.2) is 31.9 Å². The zero-order valence-electron chi connectivity index (χ0n) is 10.6. The molecule has 2 heterocycles. The summed E-state index contributed by atoms with van der Waals surface area (Å²) in [6.07, 6.45) is 6.16. The van der Waals surface area contributed by atoms with Crippen LogP contribution < -0.4 is 5.32 Å². The van der Waals surface area contributed by atoms with Gasteiger partial charge in [-0.05, 0) is 31.4 Å². The number of fused-ring (bicyclic) bond motifs is 1. The molecule has 0 radical (unpaired) electrons. The fourth-order valence-corrected chi connectivity index (χ4v) is 2.70. The van der Waals surface area contributed by atoms with Gasteiger partial charge in [-0.15, -0.1) is 5.10 Å². The van der Waals surface area contributed by atoms with Crippen LogP contribution in [0.3, 0.4) is 0 Å². The van der Waals surface area contributed by atoms with E-state index in [0.717, 1.165) is 36.9 Å². The number of anilines is 1. The second-order valence-corrected chi connectivity index (χ2v) is 5.17. The number of rotatable bonds is 3. The Morgan fingerprint density at radius 1 is 1.44 bits per heavy atom. The van der Waals surface area contributed by atoms with Gasteiger partial charge in [-0.1, -0.05) is 18.9 Å². The minimum Gasteiger partial charge on any atom is -0.394 e. The van der Waals surface area contributed by atoms with Gasteiger partial charge >= 0.3 is 0 Å². The lowest BCUT2D eigenvalue weighted by Crippen LogP contribution is -2.39. The molecule has 0 amide bonds.